The molecule has 4 aromatic rings. The standard InChI is InChI=1S/C21H18N6O4/c1-26-9-7-21(30,20(26)29)16-11-14(25-31-16)12-6-8-23-17(10-12)27-15-5-3-2-4-13(15)18(24-27)19(22)28/h2-6,8,10-11,30H,7,9H2,1H3,(H2,22,28)/t21-/m1/s1. The second-order valence-electron chi connectivity index (χ2n) is 7.46. The third-order valence-corrected chi connectivity index (χ3v) is 5.51. The Morgan fingerprint density at radius 3 is 2.81 bits per heavy atom. The monoisotopic (exact) mass is 418 g/mol. The molecule has 0 bridgehead atoms. The molecule has 1 fully saturated rings. The Hall–Kier alpha value is -4.05. The SMILES string of the molecule is CN1CC[C@@](O)(c2cc(-c3ccnc(-n4nc(C(N)=O)c5ccccc54)c3)no2)C1=O. The van der Waals surface area contributed by atoms with E-state index in [1.54, 1.807) is 43.6 Å². The Kier molecular flexibility index (Phi) is 4.12. The van der Waals surface area contributed by atoms with Gasteiger partial charge < -0.3 is 20.3 Å². The predicted octanol–water partition coefficient (Wildman–Crippen LogP) is 1.22. The predicted molar refractivity (Wildman–Crippen MR) is 109 cm³/mol. The number of pyridine rings is 1. The number of hydrogen-bond acceptors (Lipinski definition) is 7. The lowest BCUT2D eigenvalue weighted by molar-refractivity contribution is -0.144. The summed E-state index contributed by atoms with van der Waals surface area (Å²) in [5.41, 5.74) is 5.66. The number of nitrogens with two attached hydrogens (primary N) is 1. The molecule has 1 atom stereocenters. The van der Waals surface area contributed by atoms with Gasteiger partial charge in [-0.2, -0.15) is 5.10 Å². The van der Waals surface area contributed by atoms with Crippen molar-refractivity contribution >= 4 is 22.7 Å². The molecule has 31 heavy (non-hydrogen) atoms. The fraction of sp³-hybridized carbons (Fsp3) is 0.190. The Labute approximate surface area is 175 Å². The third kappa shape index (κ3) is 2.88. The Bertz CT molecular complexity index is 1340. The molecule has 4 heterocycles. The van der Waals surface area contributed by atoms with E-state index >= 15 is 0 Å². The molecular weight excluding hydrogens is 400 g/mol. The number of carbonyl (C=O) groups excluding carboxylic acids is 2. The zero-order valence-electron chi connectivity index (χ0n) is 16.5. The number of aromatic nitrogens is 4. The van der Waals surface area contributed by atoms with Gasteiger partial charge in [-0.3, -0.25) is 9.59 Å². The van der Waals surface area contributed by atoms with E-state index in [4.69, 9.17) is 10.3 Å². The maximum Gasteiger partial charge on any atom is 0.269 e. The highest BCUT2D eigenvalue weighted by Crippen LogP contribution is 2.35. The lowest BCUT2D eigenvalue weighted by Gasteiger charge is -2.16. The number of likely N-dealkylation sites (tertiary alicyclic amines) is 1. The van der Waals surface area contributed by atoms with E-state index in [1.807, 2.05) is 12.1 Å². The van der Waals surface area contributed by atoms with Crippen LogP contribution in [-0.4, -0.2) is 55.3 Å². The minimum atomic E-state index is -1.72. The summed E-state index contributed by atoms with van der Waals surface area (Å²) in [7, 11) is 1.63. The van der Waals surface area contributed by atoms with Gasteiger partial charge in [0.05, 0.1) is 5.52 Å². The molecule has 0 unspecified atom stereocenters. The molecule has 10 heteroatoms. The van der Waals surface area contributed by atoms with Crippen LogP contribution in [-0.2, 0) is 10.4 Å². The summed E-state index contributed by atoms with van der Waals surface area (Å²) in [4.78, 5) is 29.9. The van der Waals surface area contributed by atoms with Crippen LogP contribution in [0.15, 0.2) is 53.2 Å². The van der Waals surface area contributed by atoms with Crippen LogP contribution in [0, 0.1) is 0 Å². The second kappa shape index (κ2) is 6.74. The molecule has 1 aromatic carbocycles. The van der Waals surface area contributed by atoms with Gasteiger partial charge in [-0.15, -0.1) is 0 Å². The summed E-state index contributed by atoms with van der Waals surface area (Å²) >= 11 is 0. The number of amides is 2. The normalized spacial score (nSPS) is 18.8. The topological polar surface area (TPSA) is 140 Å². The summed E-state index contributed by atoms with van der Waals surface area (Å²) in [6, 6.07) is 12.2. The fourth-order valence-electron chi connectivity index (χ4n) is 3.81. The summed E-state index contributed by atoms with van der Waals surface area (Å²) in [5.74, 6) is -0.517. The van der Waals surface area contributed by atoms with Gasteiger partial charge >= 0.3 is 0 Å². The molecule has 1 aliphatic rings. The molecule has 10 nitrogen and oxygen atoms in total. The van der Waals surface area contributed by atoms with E-state index in [0.717, 1.165) is 0 Å². The van der Waals surface area contributed by atoms with Gasteiger partial charge in [0.1, 0.15) is 5.69 Å². The molecule has 2 amide bonds. The number of aliphatic hydroxyl groups is 1. The third-order valence-electron chi connectivity index (χ3n) is 5.51. The van der Waals surface area contributed by atoms with Crippen LogP contribution in [0.3, 0.4) is 0 Å². The summed E-state index contributed by atoms with van der Waals surface area (Å²) in [6.45, 7) is 0.430. The number of para-hydroxylation sites is 1. The Morgan fingerprint density at radius 1 is 1.26 bits per heavy atom. The van der Waals surface area contributed by atoms with E-state index in [-0.39, 0.29) is 17.9 Å². The molecule has 1 saturated heterocycles. The van der Waals surface area contributed by atoms with Crippen molar-refractivity contribution in [2.75, 3.05) is 13.6 Å². The minimum absolute atomic E-state index is 0.0933. The van der Waals surface area contributed by atoms with Gasteiger partial charge in [-0.25, -0.2) is 9.67 Å². The number of hydrogen-bond donors (Lipinski definition) is 2. The van der Waals surface area contributed by atoms with Crippen LogP contribution in [0.1, 0.15) is 22.7 Å². The number of fused-ring (bicyclic) bond motifs is 1. The highest BCUT2D eigenvalue weighted by atomic mass is 16.5. The van der Waals surface area contributed by atoms with Gasteiger partial charge in [0.2, 0.25) is 5.60 Å². The van der Waals surface area contributed by atoms with Crippen LogP contribution >= 0.6 is 0 Å². The van der Waals surface area contributed by atoms with Gasteiger partial charge in [0, 0.05) is 43.2 Å². The van der Waals surface area contributed by atoms with Gasteiger partial charge in [0.25, 0.3) is 11.8 Å². The molecule has 156 valence electrons. The zero-order valence-corrected chi connectivity index (χ0v) is 16.5. The van der Waals surface area contributed by atoms with Crippen molar-refractivity contribution in [2.45, 2.75) is 12.0 Å². The van der Waals surface area contributed by atoms with E-state index in [1.165, 1.54) is 9.58 Å². The number of primary amides is 1. The van der Waals surface area contributed by atoms with E-state index in [0.29, 0.717) is 34.5 Å². The molecule has 0 saturated carbocycles. The van der Waals surface area contributed by atoms with Gasteiger partial charge in [-0.05, 0) is 18.2 Å². The van der Waals surface area contributed by atoms with Crippen molar-refractivity contribution in [3.05, 3.63) is 60.1 Å². The van der Waals surface area contributed by atoms with Crippen molar-refractivity contribution in [1.82, 2.24) is 24.8 Å². The molecule has 1 aliphatic heterocycles. The zero-order chi connectivity index (χ0) is 21.8. The number of likely N-dealkylation sites (N-methyl/N-ethyl adjacent to an activating group) is 1. The lowest BCUT2D eigenvalue weighted by atomic mass is 9.98. The van der Waals surface area contributed by atoms with E-state index in [2.05, 4.69) is 15.2 Å². The molecule has 3 N–H and O–H groups in total. The maximum absolute atomic E-state index is 12.3. The first-order valence-corrected chi connectivity index (χ1v) is 9.58. The van der Waals surface area contributed by atoms with Crippen molar-refractivity contribution in [1.29, 1.82) is 0 Å². The first-order chi connectivity index (χ1) is 14.9. The number of benzene rings is 1. The first-order valence-electron chi connectivity index (χ1n) is 9.58. The largest absolute Gasteiger partial charge is 0.373 e. The Balaban J connectivity index is 1.56. The van der Waals surface area contributed by atoms with E-state index in [9.17, 15) is 14.7 Å². The second-order valence-corrected chi connectivity index (χ2v) is 7.46. The van der Waals surface area contributed by atoms with Crippen LogP contribution < -0.4 is 5.73 Å². The first kappa shape index (κ1) is 18.9. The molecule has 0 aliphatic carbocycles. The van der Waals surface area contributed by atoms with Crippen LogP contribution in [0.2, 0.25) is 0 Å². The summed E-state index contributed by atoms with van der Waals surface area (Å²) < 4.78 is 6.86. The van der Waals surface area contributed by atoms with Crippen molar-refractivity contribution < 1.29 is 19.2 Å². The molecule has 3 aromatic heterocycles. The van der Waals surface area contributed by atoms with Crippen LogP contribution in [0.25, 0.3) is 28.0 Å². The summed E-state index contributed by atoms with van der Waals surface area (Å²) in [6.07, 6.45) is 1.80. The number of carbonyl (C=O) groups is 2. The molecular formula is C21H18N6O4. The van der Waals surface area contributed by atoms with Crippen molar-refractivity contribution in [3.63, 3.8) is 0 Å². The smallest absolute Gasteiger partial charge is 0.269 e. The molecule has 0 spiro atoms. The van der Waals surface area contributed by atoms with Gasteiger partial charge in [0.15, 0.2) is 17.3 Å². The van der Waals surface area contributed by atoms with Gasteiger partial charge in [-0.1, -0.05) is 23.4 Å². The van der Waals surface area contributed by atoms with Crippen molar-refractivity contribution in [2.24, 2.45) is 5.73 Å². The highest BCUT2D eigenvalue weighted by molar-refractivity contribution is 6.04. The van der Waals surface area contributed by atoms with E-state index < -0.39 is 17.4 Å². The minimum Gasteiger partial charge on any atom is -0.373 e. The maximum atomic E-state index is 12.3. The summed E-state index contributed by atoms with van der Waals surface area (Å²) in [5, 5.41) is 19.8. The highest BCUT2D eigenvalue weighted by Gasteiger charge is 2.48. The van der Waals surface area contributed by atoms with Crippen LogP contribution in [0.4, 0.5) is 0 Å². The molecule has 0 radical (unpaired) electrons. The van der Waals surface area contributed by atoms with Crippen LogP contribution in [0.5, 0.6) is 0 Å². The average molecular weight is 418 g/mol. The number of nitrogens with zero attached hydrogens (tertiary/aromatic N) is 5. The lowest BCUT2D eigenvalue weighted by Crippen LogP contribution is -2.35. The fourth-order valence-corrected chi connectivity index (χ4v) is 3.81. The quantitative estimate of drug-likeness (QED) is 0.508. The average Bonchev–Trinajstić information content (AvgIpc) is 3.48. The Morgan fingerprint density at radius 2 is 2.06 bits per heavy atom. The molecule has 5 rings (SSSR count). The number of rotatable bonds is 4. The van der Waals surface area contributed by atoms with Crippen molar-refractivity contribution in [3.8, 4) is 17.1 Å².